The fourth-order valence-electron chi connectivity index (χ4n) is 3.08. The molecule has 3 rings (SSSR count). The smallest absolute Gasteiger partial charge is 0.409 e. The Balaban J connectivity index is 1.71. The van der Waals surface area contributed by atoms with Gasteiger partial charge in [-0.2, -0.15) is 0 Å². The number of likely N-dealkylation sites (tertiary alicyclic amines) is 1. The number of rotatable bonds is 4. The van der Waals surface area contributed by atoms with Crippen LogP contribution in [0.1, 0.15) is 36.7 Å². The Morgan fingerprint density at radius 1 is 1.44 bits per heavy atom. The summed E-state index contributed by atoms with van der Waals surface area (Å²) in [4.78, 5) is 35.4. The molecule has 0 saturated carbocycles. The van der Waals surface area contributed by atoms with Gasteiger partial charge in [-0.25, -0.2) is 9.78 Å². The zero-order valence-corrected chi connectivity index (χ0v) is 14.7. The molecule has 25 heavy (non-hydrogen) atoms. The van der Waals surface area contributed by atoms with E-state index < -0.39 is 0 Å². The molecule has 0 radical (unpaired) electrons. The third-order valence-corrected chi connectivity index (χ3v) is 4.70. The number of ether oxygens (including phenoxy) is 1. The second-order valence-electron chi connectivity index (χ2n) is 6.36. The van der Waals surface area contributed by atoms with Crippen LogP contribution in [-0.2, 0) is 4.74 Å². The maximum absolute atomic E-state index is 12.9. The second-order valence-corrected chi connectivity index (χ2v) is 6.36. The summed E-state index contributed by atoms with van der Waals surface area (Å²) in [6.45, 7) is 3.39. The first-order valence-electron chi connectivity index (χ1n) is 8.72. The first-order valence-corrected chi connectivity index (χ1v) is 8.72. The van der Waals surface area contributed by atoms with E-state index in [4.69, 9.17) is 4.74 Å². The number of hydrogen-bond donors (Lipinski definition) is 1. The highest BCUT2D eigenvalue weighted by Crippen LogP contribution is 2.21. The topological polar surface area (TPSA) is 78.5 Å². The van der Waals surface area contributed by atoms with E-state index in [0.717, 1.165) is 24.6 Å². The first kappa shape index (κ1) is 17.3. The molecule has 0 aromatic carbocycles. The summed E-state index contributed by atoms with van der Waals surface area (Å²) in [7, 11) is 1.70. The van der Waals surface area contributed by atoms with Gasteiger partial charge in [0.05, 0.1) is 6.04 Å². The van der Waals surface area contributed by atoms with E-state index in [1.807, 2.05) is 30.0 Å². The van der Waals surface area contributed by atoms with Crippen LogP contribution in [0.2, 0.25) is 0 Å². The van der Waals surface area contributed by atoms with E-state index in [-0.39, 0.29) is 24.6 Å². The van der Waals surface area contributed by atoms with Gasteiger partial charge in [0, 0.05) is 31.7 Å². The Morgan fingerprint density at radius 3 is 3.04 bits per heavy atom. The molecule has 1 unspecified atom stereocenters. The Kier molecular flexibility index (Phi) is 5.21. The number of nitrogens with one attached hydrogen (secondary N) is 1. The number of piperidine rings is 1. The van der Waals surface area contributed by atoms with Gasteiger partial charge in [0.1, 0.15) is 17.9 Å². The number of H-pyrrole nitrogens is 1. The zero-order chi connectivity index (χ0) is 17.8. The van der Waals surface area contributed by atoms with Crippen LogP contribution >= 0.6 is 0 Å². The molecular weight excluding hydrogens is 320 g/mol. The predicted octanol–water partition coefficient (Wildman–Crippen LogP) is 2.65. The SMILES string of the molecule is CCN(C)C(=O)OCC1CCCCN1C(=O)c1cc2cccnc2[nH]1. The van der Waals surface area contributed by atoms with Gasteiger partial charge in [-0.05, 0) is 44.4 Å². The molecule has 1 saturated heterocycles. The summed E-state index contributed by atoms with van der Waals surface area (Å²) in [6, 6.07) is 5.51. The highest BCUT2D eigenvalue weighted by atomic mass is 16.6. The van der Waals surface area contributed by atoms with Gasteiger partial charge in [-0.1, -0.05) is 0 Å². The highest BCUT2D eigenvalue weighted by Gasteiger charge is 2.29. The predicted molar refractivity (Wildman–Crippen MR) is 94.4 cm³/mol. The molecule has 0 spiro atoms. The minimum atomic E-state index is -0.352. The summed E-state index contributed by atoms with van der Waals surface area (Å²) in [5, 5.41) is 0.912. The maximum Gasteiger partial charge on any atom is 0.409 e. The van der Waals surface area contributed by atoms with E-state index in [9.17, 15) is 9.59 Å². The van der Waals surface area contributed by atoms with Crippen LogP contribution in [0.3, 0.4) is 0 Å². The quantitative estimate of drug-likeness (QED) is 0.925. The number of carbonyl (C=O) groups is 2. The summed E-state index contributed by atoms with van der Waals surface area (Å²) in [5.74, 6) is -0.0670. The van der Waals surface area contributed by atoms with Gasteiger partial charge in [-0.3, -0.25) is 4.79 Å². The molecule has 2 aromatic rings. The lowest BCUT2D eigenvalue weighted by molar-refractivity contribution is 0.0392. The van der Waals surface area contributed by atoms with Crippen LogP contribution in [0.5, 0.6) is 0 Å². The molecule has 3 heterocycles. The van der Waals surface area contributed by atoms with Crippen LogP contribution in [0.4, 0.5) is 4.79 Å². The van der Waals surface area contributed by atoms with Gasteiger partial charge in [0.25, 0.3) is 5.91 Å². The molecule has 7 nitrogen and oxygen atoms in total. The Morgan fingerprint density at radius 2 is 2.28 bits per heavy atom. The molecule has 134 valence electrons. The van der Waals surface area contributed by atoms with E-state index >= 15 is 0 Å². The van der Waals surface area contributed by atoms with Crippen LogP contribution < -0.4 is 0 Å². The van der Waals surface area contributed by atoms with Crippen molar-refractivity contribution in [2.75, 3.05) is 26.7 Å². The van der Waals surface area contributed by atoms with Crippen molar-refractivity contribution in [3.05, 3.63) is 30.1 Å². The molecule has 2 aromatic heterocycles. The van der Waals surface area contributed by atoms with Crippen molar-refractivity contribution in [1.29, 1.82) is 0 Å². The minimum Gasteiger partial charge on any atom is -0.447 e. The normalized spacial score (nSPS) is 17.5. The Labute approximate surface area is 147 Å². The van der Waals surface area contributed by atoms with E-state index in [1.54, 1.807) is 13.2 Å². The lowest BCUT2D eigenvalue weighted by Gasteiger charge is -2.35. The van der Waals surface area contributed by atoms with Crippen molar-refractivity contribution in [3.63, 3.8) is 0 Å². The number of hydrogen-bond acceptors (Lipinski definition) is 4. The van der Waals surface area contributed by atoms with E-state index in [1.165, 1.54) is 4.90 Å². The largest absolute Gasteiger partial charge is 0.447 e. The first-order chi connectivity index (χ1) is 12.1. The van der Waals surface area contributed by atoms with E-state index in [0.29, 0.717) is 24.4 Å². The number of nitrogens with zero attached hydrogens (tertiary/aromatic N) is 3. The lowest BCUT2D eigenvalue weighted by Crippen LogP contribution is -2.47. The van der Waals surface area contributed by atoms with Gasteiger partial charge in [-0.15, -0.1) is 0 Å². The minimum absolute atomic E-state index is 0.0670. The molecule has 0 aliphatic carbocycles. The molecule has 0 bridgehead atoms. The molecule has 1 atom stereocenters. The molecule has 7 heteroatoms. The number of amides is 2. The average molecular weight is 344 g/mol. The molecule has 2 amide bonds. The van der Waals surface area contributed by atoms with Crippen molar-refractivity contribution in [1.82, 2.24) is 19.8 Å². The number of carbonyl (C=O) groups excluding carboxylic acids is 2. The molecule has 1 N–H and O–H groups in total. The van der Waals surface area contributed by atoms with Gasteiger partial charge in [0.2, 0.25) is 0 Å². The van der Waals surface area contributed by atoms with E-state index in [2.05, 4.69) is 9.97 Å². The second kappa shape index (κ2) is 7.55. The third-order valence-electron chi connectivity index (χ3n) is 4.70. The fourth-order valence-corrected chi connectivity index (χ4v) is 3.08. The summed E-state index contributed by atoms with van der Waals surface area (Å²) < 4.78 is 5.38. The monoisotopic (exact) mass is 344 g/mol. The van der Waals surface area contributed by atoms with Gasteiger partial charge in [0.15, 0.2) is 0 Å². The third kappa shape index (κ3) is 3.75. The molecular formula is C18H24N4O3. The molecule has 1 aliphatic heterocycles. The Bertz CT molecular complexity index is 725. The average Bonchev–Trinajstić information content (AvgIpc) is 3.09. The molecule has 1 fully saturated rings. The van der Waals surface area contributed by atoms with Crippen molar-refractivity contribution in [2.24, 2.45) is 0 Å². The molecule has 1 aliphatic rings. The van der Waals surface area contributed by atoms with Crippen molar-refractivity contribution < 1.29 is 14.3 Å². The number of aromatic amines is 1. The zero-order valence-electron chi connectivity index (χ0n) is 14.7. The number of pyridine rings is 1. The number of fused-ring (bicyclic) bond motifs is 1. The lowest BCUT2D eigenvalue weighted by atomic mass is 10.0. The highest BCUT2D eigenvalue weighted by molar-refractivity contribution is 5.97. The van der Waals surface area contributed by atoms with Gasteiger partial charge < -0.3 is 19.5 Å². The van der Waals surface area contributed by atoms with Crippen LogP contribution in [0.25, 0.3) is 11.0 Å². The summed E-state index contributed by atoms with van der Waals surface area (Å²) in [6.07, 6.45) is 4.18. The number of aromatic nitrogens is 2. The van der Waals surface area contributed by atoms with Crippen molar-refractivity contribution in [2.45, 2.75) is 32.2 Å². The van der Waals surface area contributed by atoms with Gasteiger partial charge >= 0.3 is 6.09 Å². The van der Waals surface area contributed by atoms with Crippen molar-refractivity contribution >= 4 is 23.0 Å². The van der Waals surface area contributed by atoms with Crippen molar-refractivity contribution in [3.8, 4) is 0 Å². The van der Waals surface area contributed by atoms with Crippen LogP contribution in [0, 0.1) is 0 Å². The summed E-state index contributed by atoms with van der Waals surface area (Å²) >= 11 is 0. The van der Waals surface area contributed by atoms with Crippen LogP contribution in [0.15, 0.2) is 24.4 Å². The van der Waals surface area contributed by atoms with Crippen LogP contribution in [-0.4, -0.2) is 64.6 Å². The maximum atomic E-state index is 12.9. The standard InChI is InChI=1S/C18H24N4O3/c1-3-21(2)18(24)25-12-14-8-4-5-10-22(14)17(23)15-11-13-7-6-9-19-16(13)20-15/h6-7,9,11,14H,3-5,8,10,12H2,1-2H3,(H,19,20). The summed E-state index contributed by atoms with van der Waals surface area (Å²) in [5.41, 5.74) is 1.23. The fraction of sp³-hybridized carbons (Fsp3) is 0.500. The Hall–Kier alpha value is -2.57.